The predicted octanol–water partition coefficient (Wildman–Crippen LogP) is 2.09. The number of carbonyl (C=O) groups is 2. The number of methoxy groups -OCH3 is 1. The number of rotatable bonds is 10. The van der Waals surface area contributed by atoms with Crippen molar-refractivity contribution in [3.63, 3.8) is 0 Å². The van der Waals surface area contributed by atoms with E-state index < -0.39 is 24.4 Å². The summed E-state index contributed by atoms with van der Waals surface area (Å²) < 4.78 is 6.72. The molecule has 0 saturated carbocycles. The molecule has 4 rings (SSSR count). The van der Waals surface area contributed by atoms with E-state index in [2.05, 4.69) is 16.5 Å². The number of ether oxygens (including phenoxy) is 1. The molecule has 0 bridgehead atoms. The molecule has 10 nitrogen and oxygen atoms in total. The van der Waals surface area contributed by atoms with Crippen LogP contribution in [-0.4, -0.2) is 50.5 Å². The Bertz CT molecular complexity index is 1220. The number of amides is 1. The predicted molar refractivity (Wildman–Crippen MR) is 129 cm³/mol. The van der Waals surface area contributed by atoms with Gasteiger partial charge in [-0.25, -0.2) is 4.98 Å². The average molecular weight is 480 g/mol. The normalized spacial score (nSPS) is 13.5. The molecule has 5 N–H and O–H groups in total. The van der Waals surface area contributed by atoms with Crippen molar-refractivity contribution in [1.29, 1.82) is 0 Å². The zero-order valence-electron chi connectivity index (χ0n) is 19.5. The molecule has 1 unspecified atom stereocenters. The van der Waals surface area contributed by atoms with Gasteiger partial charge in [0.25, 0.3) is 5.91 Å². The molecular weight excluding hydrogens is 450 g/mol. The Labute approximate surface area is 202 Å². The topological polar surface area (TPSA) is 153 Å². The Kier molecular flexibility index (Phi) is 7.31. The summed E-state index contributed by atoms with van der Waals surface area (Å²) in [6.45, 7) is 0.760. The fourth-order valence-electron chi connectivity index (χ4n) is 4.49. The lowest BCUT2D eigenvalue weighted by molar-refractivity contribution is -0.137. The van der Waals surface area contributed by atoms with Crippen molar-refractivity contribution in [2.75, 3.05) is 19.0 Å². The van der Waals surface area contributed by atoms with E-state index in [0.717, 1.165) is 30.9 Å². The number of nitrogens with one attached hydrogen (secondary N) is 1. The van der Waals surface area contributed by atoms with Gasteiger partial charge in [-0.15, -0.1) is 0 Å². The van der Waals surface area contributed by atoms with Crippen molar-refractivity contribution >= 4 is 17.7 Å². The first-order chi connectivity index (χ1) is 16.9. The van der Waals surface area contributed by atoms with Gasteiger partial charge < -0.3 is 26.0 Å². The summed E-state index contributed by atoms with van der Waals surface area (Å²) in [6, 6.07) is 10.9. The molecule has 35 heavy (non-hydrogen) atoms. The molecule has 10 heteroatoms. The van der Waals surface area contributed by atoms with E-state index in [9.17, 15) is 19.8 Å². The van der Waals surface area contributed by atoms with Crippen molar-refractivity contribution in [3.05, 3.63) is 70.2 Å². The number of carboxylic acids is 1. The monoisotopic (exact) mass is 479 g/mol. The number of nitrogens with two attached hydrogens (primary N) is 1. The average Bonchev–Trinajstić information content (AvgIpc) is 3.24. The van der Waals surface area contributed by atoms with E-state index >= 15 is 0 Å². The molecule has 184 valence electrons. The minimum atomic E-state index is -1.05. The van der Waals surface area contributed by atoms with Crippen molar-refractivity contribution < 1.29 is 24.5 Å². The van der Waals surface area contributed by atoms with Crippen LogP contribution in [-0.2, 0) is 30.8 Å². The Morgan fingerprint density at radius 3 is 2.66 bits per heavy atom. The maximum atomic E-state index is 12.4. The maximum Gasteiger partial charge on any atom is 0.304 e. The number of pyridine rings is 1. The molecule has 1 amide bonds. The van der Waals surface area contributed by atoms with E-state index in [1.54, 1.807) is 24.3 Å². The number of hydrogen-bond acceptors (Lipinski definition) is 7. The second kappa shape index (κ2) is 10.6. The second-order valence-corrected chi connectivity index (χ2v) is 8.47. The van der Waals surface area contributed by atoms with E-state index in [1.807, 2.05) is 6.07 Å². The molecule has 0 spiro atoms. The quantitative estimate of drug-likeness (QED) is 0.345. The number of aliphatic carboxylic acids is 1. The highest BCUT2D eigenvalue weighted by molar-refractivity contribution is 5.95. The van der Waals surface area contributed by atoms with Crippen LogP contribution in [0.4, 0.5) is 5.82 Å². The van der Waals surface area contributed by atoms with Gasteiger partial charge in [0, 0.05) is 31.1 Å². The third kappa shape index (κ3) is 5.27. The third-order valence-electron chi connectivity index (χ3n) is 6.24. The van der Waals surface area contributed by atoms with Gasteiger partial charge in [0.2, 0.25) is 0 Å². The number of carboxylic acid groups (broad SMARTS) is 1. The lowest BCUT2D eigenvalue weighted by Gasteiger charge is -2.17. The molecule has 1 aromatic carbocycles. The second-order valence-electron chi connectivity index (χ2n) is 8.47. The van der Waals surface area contributed by atoms with Crippen LogP contribution in [0.15, 0.2) is 36.4 Å². The number of benzene rings is 1. The van der Waals surface area contributed by atoms with Crippen molar-refractivity contribution in [1.82, 2.24) is 14.8 Å². The Morgan fingerprint density at radius 1 is 1.23 bits per heavy atom. The van der Waals surface area contributed by atoms with Crippen LogP contribution in [0.1, 0.15) is 57.3 Å². The van der Waals surface area contributed by atoms with Crippen LogP contribution >= 0.6 is 0 Å². The smallest absolute Gasteiger partial charge is 0.304 e. The number of aromatic nitrogens is 3. The van der Waals surface area contributed by atoms with Crippen LogP contribution in [0, 0.1) is 0 Å². The summed E-state index contributed by atoms with van der Waals surface area (Å²) in [7, 11) is 1.54. The van der Waals surface area contributed by atoms with E-state index in [4.69, 9.17) is 15.5 Å². The number of primary amides is 1. The van der Waals surface area contributed by atoms with Crippen LogP contribution in [0.3, 0.4) is 0 Å². The number of anilines is 1. The molecule has 0 radical (unpaired) electrons. The highest BCUT2D eigenvalue weighted by atomic mass is 16.5. The maximum absolute atomic E-state index is 12.4. The SMILES string of the molecule is COc1ccc(C(CC(=O)O)c2nn(CCc3ccc4c(n3)NCCC4)c(CO)c2C(N)=O)cc1. The number of fused-ring (bicyclic) bond motifs is 1. The molecule has 0 saturated heterocycles. The number of aliphatic hydroxyl groups is 1. The summed E-state index contributed by atoms with van der Waals surface area (Å²) in [5, 5.41) is 27.6. The zero-order valence-corrected chi connectivity index (χ0v) is 19.5. The fourth-order valence-corrected chi connectivity index (χ4v) is 4.49. The van der Waals surface area contributed by atoms with Gasteiger partial charge in [-0.3, -0.25) is 14.3 Å². The lowest BCUT2D eigenvalue weighted by Crippen LogP contribution is -2.18. The summed E-state index contributed by atoms with van der Waals surface area (Å²) in [6.07, 6.45) is 2.27. The molecule has 3 heterocycles. The minimum absolute atomic E-state index is 0.0506. The van der Waals surface area contributed by atoms with Crippen molar-refractivity contribution in [3.8, 4) is 5.75 Å². The number of hydrogen-bond donors (Lipinski definition) is 4. The van der Waals surface area contributed by atoms with Gasteiger partial charge in [-0.2, -0.15) is 5.10 Å². The summed E-state index contributed by atoms with van der Waals surface area (Å²) in [5.41, 5.74) is 8.90. The Balaban J connectivity index is 1.69. The van der Waals surface area contributed by atoms with E-state index in [1.165, 1.54) is 17.4 Å². The number of aliphatic hydroxyl groups excluding tert-OH is 1. The molecule has 1 aliphatic rings. The number of nitrogens with zero attached hydrogens (tertiary/aromatic N) is 3. The van der Waals surface area contributed by atoms with Crippen LogP contribution in [0.25, 0.3) is 0 Å². The van der Waals surface area contributed by atoms with Crippen molar-refractivity contribution in [2.45, 2.75) is 44.8 Å². The molecule has 1 atom stereocenters. The molecule has 3 aromatic rings. The van der Waals surface area contributed by atoms with Gasteiger partial charge in [0.1, 0.15) is 11.6 Å². The minimum Gasteiger partial charge on any atom is -0.497 e. The first-order valence-electron chi connectivity index (χ1n) is 11.5. The van der Waals surface area contributed by atoms with Gasteiger partial charge >= 0.3 is 5.97 Å². The largest absolute Gasteiger partial charge is 0.497 e. The third-order valence-corrected chi connectivity index (χ3v) is 6.24. The van der Waals surface area contributed by atoms with Gasteiger partial charge in [0.15, 0.2) is 0 Å². The first-order valence-corrected chi connectivity index (χ1v) is 11.5. The van der Waals surface area contributed by atoms with Gasteiger partial charge in [0.05, 0.1) is 37.1 Å². The number of carbonyl (C=O) groups excluding carboxylic acids is 1. The lowest BCUT2D eigenvalue weighted by atomic mass is 9.89. The summed E-state index contributed by atoms with van der Waals surface area (Å²) in [5.74, 6) is -1.05. The Morgan fingerprint density at radius 2 is 2.00 bits per heavy atom. The molecule has 2 aromatic heterocycles. The van der Waals surface area contributed by atoms with Gasteiger partial charge in [-0.05, 0) is 42.2 Å². The number of aryl methyl sites for hydroxylation is 3. The van der Waals surface area contributed by atoms with Crippen molar-refractivity contribution in [2.24, 2.45) is 5.73 Å². The summed E-state index contributed by atoms with van der Waals surface area (Å²) >= 11 is 0. The molecular formula is C25H29N5O5. The highest BCUT2D eigenvalue weighted by Crippen LogP contribution is 2.32. The molecule has 0 fully saturated rings. The summed E-state index contributed by atoms with van der Waals surface area (Å²) in [4.78, 5) is 28.8. The first kappa shape index (κ1) is 24.2. The van der Waals surface area contributed by atoms with Gasteiger partial charge in [-0.1, -0.05) is 18.2 Å². The molecule has 1 aliphatic heterocycles. The fraction of sp³-hybridized carbons (Fsp3) is 0.360. The molecule has 0 aliphatic carbocycles. The van der Waals surface area contributed by atoms with Crippen LogP contribution < -0.4 is 15.8 Å². The highest BCUT2D eigenvalue weighted by Gasteiger charge is 2.30. The zero-order chi connectivity index (χ0) is 24.9. The van der Waals surface area contributed by atoms with Crippen LogP contribution in [0.2, 0.25) is 0 Å². The standard InChI is InChI=1S/C25H29N5O5/c1-35-18-8-5-15(6-9-18)19(13-21(32)33)23-22(24(26)34)20(14-31)30(29-23)12-10-17-7-4-16-3-2-11-27-25(16)28-17/h4-9,19,31H,2-3,10-14H2,1H3,(H2,26,34)(H,27,28)(H,32,33). The Hall–Kier alpha value is -3.92. The van der Waals surface area contributed by atoms with E-state index in [0.29, 0.717) is 24.3 Å². The van der Waals surface area contributed by atoms with E-state index in [-0.39, 0.29) is 23.4 Å². The van der Waals surface area contributed by atoms with Crippen LogP contribution in [0.5, 0.6) is 5.75 Å².